The molecule has 68 valence electrons. The van der Waals surface area contributed by atoms with Crippen LogP contribution in [-0.4, -0.2) is 9.97 Å². The third-order valence-corrected chi connectivity index (χ3v) is 2.05. The number of hydrogen-bond donors (Lipinski definition) is 0. The lowest BCUT2D eigenvalue weighted by atomic mass is 10.2. The van der Waals surface area contributed by atoms with Gasteiger partial charge in [-0.2, -0.15) is 0 Å². The fourth-order valence-electron chi connectivity index (χ4n) is 1.28. The molecule has 0 radical (unpaired) electrons. The Hall–Kier alpha value is -1.96. The normalized spacial score (nSPS) is 10.0. The van der Waals surface area contributed by atoms with E-state index in [1.807, 2.05) is 12.1 Å². The van der Waals surface area contributed by atoms with Crippen LogP contribution in [-0.2, 0) is 0 Å². The Morgan fingerprint density at radius 3 is 2.57 bits per heavy atom. The van der Waals surface area contributed by atoms with Crippen LogP contribution in [0.15, 0.2) is 37.7 Å². The van der Waals surface area contributed by atoms with Gasteiger partial charge in [-0.25, -0.2) is 0 Å². The van der Waals surface area contributed by atoms with E-state index in [0.29, 0.717) is 0 Å². The largest absolute Gasteiger partial charge is 0.256 e. The lowest BCUT2D eigenvalue weighted by molar-refractivity contribution is 1.29. The predicted octanol–water partition coefficient (Wildman–Crippen LogP) is 2.92. The van der Waals surface area contributed by atoms with Gasteiger partial charge < -0.3 is 0 Å². The molecule has 0 bridgehead atoms. The van der Waals surface area contributed by atoms with Crippen LogP contribution in [0.5, 0.6) is 0 Å². The average molecular weight is 182 g/mol. The van der Waals surface area contributed by atoms with Crippen molar-refractivity contribution >= 4 is 23.1 Å². The van der Waals surface area contributed by atoms with Crippen molar-refractivity contribution in [3.63, 3.8) is 0 Å². The topological polar surface area (TPSA) is 25.8 Å². The molecule has 0 unspecified atom stereocenters. The Kier molecular flexibility index (Phi) is 2.11. The van der Waals surface area contributed by atoms with Crippen LogP contribution in [0.2, 0.25) is 0 Å². The van der Waals surface area contributed by atoms with Crippen molar-refractivity contribution in [2.75, 3.05) is 0 Å². The maximum absolute atomic E-state index is 4.30. The van der Waals surface area contributed by atoms with Gasteiger partial charge in [0.2, 0.25) is 0 Å². The lowest BCUT2D eigenvalue weighted by Gasteiger charge is -1.99. The van der Waals surface area contributed by atoms with Crippen LogP contribution in [0, 0.1) is 0 Å². The minimum absolute atomic E-state index is 0.844. The van der Waals surface area contributed by atoms with Gasteiger partial charge in [-0.3, -0.25) is 9.97 Å². The van der Waals surface area contributed by atoms with Crippen molar-refractivity contribution in [3.8, 4) is 0 Å². The second-order valence-corrected chi connectivity index (χ2v) is 2.98. The molecule has 0 atom stereocenters. The second-order valence-electron chi connectivity index (χ2n) is 2.98. The Labute approximate surface area is 82.6 Å². The van der Waals surface area contributed by atoms with Crippen molar-refractivity contribution in [1.29, 1.82) is 0 Å². The van der Waals surface area contributed by atoms with Gasteiger partial charge in [0.15, 0.2) is 0 Å². The van der Waals surface area contributed by atoms with Crippen molar-refractivity contribution in [1.82, 2.24) is 9.97 Å². The Morgan fingerprint density at radius 1 is 1.00 bits per heavy atom. The molecule has 2 aromatic heterocycles. The van der Waals surface area contributed by atoms with Crippen LogP contribution in [0.4, 0.5) is 0 Å². The maximum Gasteiger partial charge on any atom is 0.0739 e. The van der Waals surface area contributed by atoms with E-state index in [1.165, 1.54) is 0 Å². The Morgan fingerprint density at radius 2 is 1.86 bits per heavy atom. The molecule has 2 heteroatoms. The number of hydrogen-bond acceptors (Lipinski definition) is 2. The van der Waals surface area contributed by atoms with Gasteiger partial charge in [0, 0.05) is 17.8 Å². The monoisotopic (exact) mass is 182 g/mol. The molecule has 14 heavy (non-hydrogen) atoms. The summed E-state index contributed by atoms with van der Waals surface area (Å²) < 4.78 is 0. The summed E-state index contributed by atoms with van der Waals surface area (Å²) in [6.07, 6.45) is 7.07. The van der Waals surface area contributed by atoms with Crippen molar-refractivity contribution in [3.05, 3.63) is 48.9 Å². The van der Waals surface area contributed by atoms with E-state index in [2.05, 4.69) is 23.1 Å². The molecule has 0 aliphatic rings. The van der Waals surface area contributed by atoms with E-state index in [0.717, 1.165) is 22.2 Å². The van der Waals surface area contributed by atoms with Gasteiger partial charge in [0.25, 0.3) is 0 Å². The van der Waals surface area contributed by atoms with Crippen LogP contribution in [0.1, 0.15) is 11.3 Å². The Bertz CT molecular complexity index is 453. The number of aromatic nitrogens is 2. The maximum atomic E-state index is 4.30. The first-order valence-corrected chi connectivity index (χ1v) is 4.34. The molecule has 2 rings (SSSR count). The predicted molar refractivity (Wildman–Crippen MR) is 59.7 cm³/mol. The molecular formula is C12H10N2. The SMILES string of the molecule is C=Cc1cnc2cc(C=C)ncc2c1. The number of rotatable bonds is 2. The van der Waals surface area contributed by atoms with E-state index < -0.39 is 0 Å². The summed E-state index contributed by atoms with van der Waals surface area (Å²) in [7, 11) is 0. The minimum atomic E-state index is 0.844. The molecule has 0 saturated carbocycles. The molecular weight excluding hydrogens is 172 g/mol. The third kappa shape index (κ3) is 1.42. The summed E-state index contributed by atoms with van der Waals surface area (Å²) in [5.74, 6) is 0. The van der Waals surface area contributed by atoms with Crippen LogP contribution >= 0.6 is 0 Å². The molecule has 0 spiro atoms. The molecule has 0 aromatic carbocycles. The molecule has 2 nitrogen and oxygen atoms in total. The van der Waals surface area contributed by atoms with Crippen LogP contribution in [0.25, 0.3) is 23.1 Å². The zero-order valence-electron chi connectivity index (χ0n) is 7.77. The smallest absolute Gasteiger partial charge is 0.0739 e. The fourth-order valence-corrected chi connectivity index (χ4v) is 1.28. The molecule has 0 N–H and O–H groups in total. The summed E-state index contributed by atoms with van der Waals surface area (Å²) in [5, 5.41) is 1.02. The highest BCUT2D eigenvalue weighted by atomic mass is 14.7. The molecule has 0 aliphatic heterocycles. The zero-order chi connectivity index (χ0) is 9.97. The first kappa shape index (κ1) is 8.63. The molecule has 2 aromatic rings. The molecule has 0 fully saturated rings. The fraction of sp³-hybridized carbons (Fsp3) is 0. The molecule has 0 aliphatic carbocycles. The summed E-state index contributed by atoms with van der Waals surface area (Å²) in [6, 6.07) is 3.92. The van der Waals surface area contributed by atoms with E-state index in [9.17, 15) is 0 Å². The van der Waals surface area contributed by atoms with Gasteiger partial charge in [0.1, 0.15) is 0 Å². The van der Waals surface area contributed by atoms with Gasteiger partial charge in [-0.05, 0) is 23.8 Å². The summed E-state index contributed by atoms with van der Waals surface area (Å²) >= 11 is 0. The molecule has 2 heterocycles. The first-order chi connectivity index (χ1) is 6.83. The standard InChI is InChI=1S/C12H10N2/c1-3-9-5-10-8-13-11(4-2)6-12(10)14-7-9/h3-8H,1-2H2. The average Bonchev–Trinajstić information content (AvgIpc) is 2.27. The summed E-state index contributed by atoms with van der Waals surface area (Å²) in [5.41, 5.74) is 2.78. The quantitative estimate of drug-likeness (QED) is 0.713. The van der Waals surface area contributed by atoms with Gasteiger partial charge >= 0.3 is 0 Å². The summed E-state index contributed by atoms with van der Waals surface area (Å²) in [4.78, 5) is 8.51. The lowest BCUT2D eigenvalue weighted by Crippen LogP contribution is -1.85. The van der Waals surface area contributed by atoms with Crippen molar-refractivity contribution in [2.45, 2.75) is 0 Å². The zero-order valence-corrected chi connectivity index (χ0v) is 7.77. The third-order valence-electron chi connectivity index (χ3n) is 2.05. The molecule has 0 amide bonds. The first-order valence-electron chi connectivity index (χ1n) is 4.34. The van der Waals surface area contributed by atoms with Gasteiger partial charge in [-0.1, -0.05) is 19.2 Å². The highest BCUT2D eigenvalue weighted by Crippen LogP contribution is 2.14. The summed E-state index contributed by atoms with van der Waals surface area (Å²) in [6.45, 7) is 7.36. The second kappa shape index (κ2) is 3.42. The van der Waals surface area contributed by atoms with Crippen molar-refractivity contribution in [2.24, 2.45) is 0 Å². The number of pyridine rings is 2. The van der Waals surface area contributed by atoms with Crippen molar-refractivity contribution < 1.29 is 0 Å². The highest BCUT2D eigenvalue weighted by Gasteiger charge is 1.97. The minimum Gasteiger partial charge on any atom is -0.256 e. The van der Waals surface area contributed by atoms with Crippen LogP contribution in [0.3, 0.4) is 0 Å². The number of nitrogens with zero attached hydrogens (tertiary/aromatic N) is 2. The van der Waals surface area contributed by atoms with Gasteiger partial charge in [-0.15, -0.1) is 0 Å². The van der Waals surface area contributed by atoms with E-state index >= 15 is 0 Å². The van der Waals surface area contributed by atoms with Crippen LogP contribution < -0.4 is 0 Å². The van der Waals surface area contributed by atoms with Gasteiger partial charge in [0.05, 0.1) is 11.2 Å². The number of fused-ring (bicyclic) bond motifs is 1. The van der Waals surface area contributed by atoms with E-state index in [-0.39, 0.29) is 0 Å². The molecule has 0 saturated heterocycles. The Balaban J connectivity index is 2.68. The van der Waals surface area contributed by atoms with E-state index in [4.69, 9.17) is 0 Å². The highest BCUT2D eigenvalue weighted by molar-refractivity contribution is 5.81. The van der Waals surface area contributed by atoms with E-state index in [1.54, 1.807) is 24.5 Å².